The van der Waals surface area contributed by atoms with Crippen molar-refractivity contribution < 1.29 is 9.47 Å². The van der Waals surface area contributed by atoms with Crippen molar-refractivity contribution in [2.75, 3.05) is 26.9 Å². The van der Waals surface area contributed by atoms with Gasteiger partial charge in [0.15, 0.2) is 0 Å². The Morgan fingerprint density at radius 3 is 2.70 bits per heavy atom. The molecule has 0 saturated carbocycles. The van der Waals surface area contributed by atoms with E-state index in [1.54, 1.807) is 0 Å². The number of nitrogens with zero attached hydrogens (tertiary/aromatic N) is 1. The molecule has 2 unspecified atom stereocenters. The Kier molecular flexibility index (Phi) is 4.34. The average Bonchev–Trinajstić information content (AvgIpc) is 2.50. The van der Waals surface area contributed by atoms with Crippen molar-refractivity contribution in [2.24, 2.45) is 5.92 Å². The molecule has 2 fully saturated rings. The number of hydrogen-bond acceptors (Lipinski definition) is 4. The summed E-state index contributed by atoms with van der Waals surface area (Å²) in [7, 11) is 2.05. The van der Waals surface area contributed by atoms with Gasteiger partial charge in [0.1, 0.15) is 0 Å². The summed E-state index contributed by atoms with van der Waals surface area (Å²) >= 11 is 0. The summed E-state index contributed by atoms with van der Waals surface area (Å²) < 4.78 is 11.6. The van der Waals surface area contributed by atoms with Gasteiger partial charge in [0, 0.05) is 38.3 Å². The predicted octanol–water partition coefficient (Wildman–Crippen LogP) is 2.32. The fraction of sp³-hybridized carbons (Fsp3) is 0.688. The SMILES string of the molecule is CNC(c1ccncc1)C1CCOC2(CCOCC2)C1. The molecule has 2 saturated heterocycles. The number of rotatable bonds is 3. The first-order chi connectivity index (χ1) is 9.83. The van der Waals surface area contributed by atoms with Gasteiger partial charge in [-0.25, -0.2) is 0 Å². The van der Waals surface area contributed by atoms with Crippen LogP contribution in [0.25, 0.3) is 0 Å². The lowest BCUT2D eigenvalue weighted by Gasteiger charge is -2.45. The first kappa shape index (κ1) is 14.0. The molecule has 1 aromatic rings. The van der Waals surface area contributed by atoms with Gasteiger partial charge in [-0.2, -0.15) is 0 Å². The number of aromatic nitrogens is 1. The van der Waals surface area contributed by atoms with Crippen molar-refractivity contribution in [3.63, 3.8) is 0 Å². The van der Waals surface area contributed by atoms with E-state index < -0.39 is 0 Å². The zero-order chi connectivity index (χ0) is 13.8. The highest BCUT2D eigenvalue weighted by Crippen LogP contribution is 2.41. The van der Waals surface area contributed by atoms with Crippen molar-refractivity contribution in [1.82, 2.24) is 10.3 Å². The molecule has 20 heavy (non-hydrogen) atoms. The van der Waals surface area contributed by atoms with Crippen LogP contribution in [0.4, 0.5) is 0 Å². The topological polar surface area (TPSA) is 43.4 Å². The van der Waals surface area contributed by atoms with Crippen LogP contribution in [0, 0.1) is 5.92 Å². The molecule has 4 nitrogen and oxygen atoms in total. The van der Waals surface area contributed by atoms with Gasteiger partial charge in [0.05, 0.1) is 5.60 Å². The second-order valence-electron chi connectivity index (χ2n) is 5.94. The van der Waals surface area contributed by atoms with Crippen molar-refractivity contribution in [3.05, 3.63) is 30.1 Å². The third-order valence-electron chi connectivity index (χ3n) is 4.78. The van der Waals surface area contributed by atoms with Crippen molar-refractivity contribution >= 4 is 0 Å². The zero-order valence-electron chi connectivity index (χ0n) is 12.2. The maximum absolute atomic E-state index is 6.15. The van der Waals surface area contributed by atoms with Crippen molar-refractivity contribution in [2.45, 2.75) is 37.3 Å². The van der Waals surface area contributed by atoms with Gasteiger partial charge >= 0.3 is 0 Å². The number of ether oxygens (including phenoxy) is 2. The van der Waals surface area contributed by atoms with Gasteiger partial charge in [-0.05, 0) is 56.3 Å². The normalized spacial score (nSPS) is 27.4. The second kappa shape index (κ2) is 6.20. The van der Waals surface area contributed by atoms with Crippen LogP contribution in [0.15, 0.2) is 24.5 Å². The van der Waals surface area contributed by atoms with Gasteiger partial charge in [0.2, 0.25) is 0 Å². The van der Waals surface area contributed by atoms with E-state index in [1.165, 1.54) is 5.56 Å². The lowest BCUT2D eigenvalue weighted by atomic mass is 9.76. The van der Waals surface area contributed by atoms with E-state index in [-0.39, 0.29) is 5.60 Å². The fourth-order valence-electron chi connectivity index (χ4n) is 3.69. The molecule has 4 heteroatoms. The first-order valence-electron chi connectivity index (χ1n) is 7.62. The molecule has 0 aromatic carbocycles. The maximum atomic E-state index is 6.15. The predicted molar refractivity (Wildman–Crippen MR) is 77.5 cm³/mol. The van der Waals surface area contributed by atoms with E-state index in [2.05, 4.69) is 29.5 Å². The highest BCUT2D eigenvalue weighted by molar-refractivity contribution is 5.16. The van der Waals surface area contributed by atoms with E-state index in [0.29, 0.717) is 12.0 Å². The summed E-state index contributed by atoms with van der Waals surface area (Å²) in [4.78, 5) is 4.12. The van der Waals surface area contributed by atoms with Crippen LogP contribution in [0.1, 0.15) is 37.3 Å². The molecule has 110 valence electrons. The molecule has 1 N–H and O–H groups in total. The molecule has 0 aliphatic carbocycles. The quantitative estimate of drug-likeness (QED) is 0.920. The molecule has 2 aliphatic rings. The Bertz CT molecular complexity index is 412. The first-order valence-corrected chi connectivity index (χ1v) is 7.62. The summed E-state index contributed by atoms with van der Waals surface area (Å²) in [5.74, 6) is 0.620. The van der Waals surface area contributed by atoms with Gasteiger partial charge in [-0.15, -0.1) is 0 Å². The van der Waals surface area contributed by atoms with E-state index in [9.17, 15) is 0 Å². The third-order valence-corrected chi connectivity index (χ3v) is 4.78. The summed E-state index contributed by atoms with van der Waals surface area (Å²) in [5, 5.41) is 3.50. The van der Waals surface area contributed by atoms with Crippen LogP contribution in [0.5, 0.6) is 0 Å². The van der Waals surface area contributed by atoms with Crippen LogP contribution in [0.2, 0.25) is 0 Å². The molecule has 0 bridgehead atoms. The standard InChI is InChI=1S/C16H24N2O2/c1-17-15(13-2-7-18-8-3-13)14-4-9-20-16(12-14)5-10-19-11-6-16/h2-3,7-8,14-15,17H,4-6,9-12H2,1H3. The Labute approximate surface area is 120 Å². The zero-order valence-corrected chi connectivity index (χ0v) is 12.2. The smallest absolute Gasteiger partial charge is 0.0729 e. The van der Waals surface area contributed by atoms with Gasteiger partial charge in [-0.1, -0.05) is 0 Å². The highest BCUT2D eigenvalue weighted by atomic mass is 16.5. The van der Waals surface area contributed by atoms with E-state index in [1.807, 2.05) is 12.4 Å². The van der Waals surface area contributed by atoms with Gasteiger partial charge < -0.3 is 14.8 Å². The fourth-order valence-corrected chi connectivity index (χ4v) is 3.69. The minimum Gasteiger partial charge on any atom is -0.381 e. The van der Waals surface area contributed by atoms with Crippen molar-refractivity contribution in [1.29, 1.82) is 0 Å². The number of nitrogens with one attached hydrogen (secondary N) is 1. The molecule has 1 aromatic heterocycles. The summed E-state index contributed by atoms with van der Waals surface area (Å²) in [6.45, 7) is 2.55. The lowest BCUT2D eigenvalue weighted by molar-refractivity contribution is -0.150. The number of pyridine rings is 1. The second-order valence-corrected chi connectivity index (χ2v) is 5.94. The summed E-state index contributed by atoms with van der Waals surface area (Å²) in [6.07, 6.45) is 8.08. The molecular formula is C16H24N2O2. The molecule has 2 atom stereocenters. The Morgan fingerprint density at radius 2 is 2.00 bits per heavy atom. The molecule has 2 aliphatic heterocycles. The molecule has 3 heterocycles. The van der Waals surface area contributed by atoms with Gasteiger partial charge in [0.25, 0.3) is 0 Å². The van der Waals surface area contributed by atoms with Gasteiger partial charge in [-0.3, -0.25) is 4.98 Å². The van der Waals surface area contributed by atoms with E-state index in [0.717, 1.165) is 45.5 Å². The number of hydrogen-bond donors (Lipinski definition) is 1. The largest absolute Gasteiger partial charge is 0.381 e. The minimum atomic E-state index is 0.0588. The molecule has 1 spiro atoms. The van der Waals surface area contributed by atoms with Crippen LogP contribution < -0.4 is 5.32 Å². The molecule has 0 radical (unpaired) electrons. The Morgan fingerprint density at radius 1 is 1.25 bits per heavy atom. The lowest BCUT2D eigenvalue weighted by Crippen LogP contribution is -2.46. The minimum absolute atomic E-state index is 0.0588. The maximum Gasteiger partial charge on any atom is 0.0729 e. The van der Waals surface area contributed by atoms with Crippen LogP contribution in [-0.4, -0.2) is 37.5 Å². The monoisotopic (exact) mass is 276 g/mol. The Hall–Kier alpha value is -0.970. The third kappa shape index (κ3) is 2.87. The molecular weight excluding hydrogens is 252 g/mol. The molecule has 0 amide bonds. The van der Waals surface area contributed by atoms with E-state index >= 15 is 0 Å². The van der Waals surface area contributed by atoms with Crippen LogP contribution in [0.3, 0.4) is 0 Å². The van der Waals surface area contributed by atoms with Crippen molar-refractivity contribution in [3.8, 4) is 0 Å². The summed E-state index contributed by atoms with van der Waals surface area (Å²) in [5.41, 5.74) is 1.39. The molecule has 3 rings (SSSR count). The van der Waals surface area contributed by atoms with E-state index in [4.69, 9.17) is 9.47 Å². The summed E-state index contributed by atoms with van der Waals surface area (Å²) in [6, 6.07) is 4.63. The Balaban J connectivity index is 1.75. The highest BCUT2D eigenvalue weighted by Gasteiger charge is 2.41. The van der Waals surface area contributed by atoms with Crippen LogP contribution >= 0.6 is 0 Å². The van der Waals surface area contributed by atoms with Crippen LogP contribution in [-0.2, 0) is 9.47 Å². The average molecular weight is 276 g/mol.